The maximum atomic E-state index is 12.4. The first kappa shape index (κ1) is 10.6. The van der Waals surface area contributed by atoms with E-state index in [1.54, 1.807) is 18.2 Å². The molecule has 0 unspecified atom stereocenters. The third-order valence-corrected chi connectivity index (χ3v) is 0.994. The minimum Gasteiger partial charge on any atom is -0.429 e. The fourth-order valence-electron chi connectivity index (χ4n) is 0.552. The van der Waals surface area contributed by atoms with E-state index in [9.17, 15) is 4.39 Å². The maximum Gasteiger partial charge on any atom is 0.482 e. The van der Waals surface area contributed by atoms with E-state index in [0.29, 0.717) is 0 Å². The molecule has 0 spiro atoms. The lowest BCUT2D eigenvalue weighted by Crippen LogP contribution is -1.78. The summed E-state index contributed by atoms with van der Waals surface area (Å²) in [6.07, 6.45) is 0. The van der Waals surface area contributed by atoms with Crippen LogP contribution >= 0.6 is 0 Å². The SMILES string of the molecule is N#Cc1ccccc1F.O[B]O. The molecule has 0 bridgehead atoms. The minimum atomic E-state index is -0.458. The van der Waals surface area contributed by atoms with E-state index in [4.69, 9.17) is 15.3 Å². The molecule has 0 aromatic heterocycles. The van der Waals surface area contributed by atoms with E-state index >= 15 is 0 Å². The topological polar surface area (TPSA) is 64.2 Å². The highest BCUT2D eigenvalue weighted by atomic mass is 19.1. The van der Waals surface area contributed by atoms with Crippen molar-refractivity contribution in [2.75, 3.05) is 0 Å². The van der Waals surface area contributed by atoms with Gasteiger partial charge in [-0.15, -0.1) is 0 Å². The molecule has 0 aliphatic rings. The molecule has 12 heavy (non-hydrogen) atoms. The van der Waals surface area contributed by atoms with Gasteiger partial charge < -0.3 is 10.0 Å². The van der Waals surface area contributed by atoms with Crippen LogP contribution in [-0.4, -0.2) is 17.7 Å². The van der Waals surface area contributed by atoms with Gasteiger partial charge in [-0.05, 0) is 12.1 Å². The molecular weight excluding hydrogens is 160 g/mol. The molecule has 3 nitrogen and oxygen atoms in total. The molecule has 0 saturated heterocycles. The van der Waals surface area contributed by atoms with Crippen LogP contribution in [0, 0.1) is 17.1 Å². The number of halogens is 1. The van der Waals surface area contributed by atoms with Gasteiger partial charge in [0.05, 0.1) is 5.56 Å². The quantitative estimate of drug-likeness (QED) is 0.541. The van der Waals surface area contributed by atoms with Crippen molar-refractivity contribution in [1.29, 1.82) is 5.26 Å². The van der Waals surface area contributed by atoms with Gasteiger partial charge >= 0.3 is 7.69 Å². The first-order valence-electron chi connectivity index (χ1n) is 3.01. The monoisotopic (exact) mass is 166 g/mol. The number of rotatable bonds is 0. The van der Waals surface area contributed by atoms with Crippen molar-refractivity contribution >= 4 is 7.69 Å². The molecule has 5 heteroatoms. The van der Waals surface area contributed by atoms with E-state index in [1.165, 1.54) is 12.1 Å². The molecule has 1 aromatic rings. The average Bonchev–Trinajstić information content (AvgIpc) is 2.07. The summed E-state index contributed by atoms with van der Waals surface area (Å²) in [6.45, 7) is 0. The molecule has 0 saturated carbocycles. The van der Waals surface area contributed by atoms with Crippen LogP contribution in [0.1, 0.15) is 5.56 Å². The molecule has 1 radical (unpaired) electrons. The second-order valence-corrected chi connectivity index (χ2v) is 1.71. The minimum absolute atomic E-state index is 0. The molecule has 1 rings (SSSR count). The average molecular weight is 166 g/mol. The van der Waals surface area contributed by atoms with Gasteiger partial charge in [-0.1, -0.05) is 12.1 Å². The Morgan fingerprint density at radius 1 is 1.33 bits per heavy atom. The smallest absolute Gasteiger partial charge is 0.429 e. The van der Waals surface area contributed by atoms with Gasteiger partial charge in [0, 0.05) is 0 Å². The van der Waals surface area contributed by atoms with Crippen molar-refractivity contribution in [3.8, 4) is 6.07 Å². The van der Waals surface area contributed by atoms with Gasteiger partial charge in [0.25, 0.3) is 0 Å². The summed E-state index contributed by atoms with van der Waals surface area (Å²) < 4.78 is 12.4. The molecule has 0 aliphatic heterocycles. The number of benzene rings is 1. The molecule has 1 aromatic carbocycles. The zero-order valence-corrected chi connectivity index (χ0v) is 6.11. The third kappa shape index (κ3) is 3.71. The van der Waals surface area contributed by atoms with Crippen LogP contribution in [0.2, 0.25) is 0 Å². The van der Waals surface area contributed by atoms with Crippen LogP contribution in [0.5, 0.6) is 0 Å². The van der Waals surface area contributed by atoms with E-state index in [0.717, 1.165) is 0 Å². The molecule has 0 heterocycles. The van der Waals surface area contributed by atoms with Crippen LogP contribution < -0.4 is 0 Å². The van der Waals surface area contributed by atoms with Gasteiger partial charge in [-0.2, -0.15) is 5.26 Å². The van der Waals surface area contributed by atoms with Crippen molar-refractivity contribution in [1.82, 2.24) is 0 Å². The van der Waals surface area contributed by atoms with Gasteiger partial charge in [-0.3, -0.25) is 0 Å². The van der Waals surface area contributed by atoms with Crippen molar-refractivity contribution in [3.63, 3.8) is 0 Å². The fourth-order valence-corrected chi connectivity index (χ4v) is 0.552. The fraction of sp³-hybridized carbons (Fsp3) is 0. The summed E-state index contributed by atoms with van der Waals surface area (Å²) in [5.74, 6) is -0.458. The van der Waals surface area contributed by atoms with Crippen LogP contribution in [0.25, 0.3) is 0 Å². The third-order valence-electron chi connectivity index (χ3n) is 0.994. The Morgan fingerprint density at radius 3 is 2.17 bits per heavy atom. The zero-order valence-electron chi connectivity index (χ0n) is 6.11. The summed E-state index contributed by atoms with van der Waals surface area (Å²) in [7, 11) is 0. The molecule has 0 amide bonds. The van der Waals surface area contributed by atoms with Gasteiger partial charge in [0.15, 0.2) is 0 Å². The first-order valence-corrected chi connectivity index (χ1v) is 3.01. The Bertz CT molecular complexity index is 274. The van der Waals surface area contributed by atoms with E-state index < -0.39 is 5.82 Å². The Labute approximate surface area is 70.0 Å². The number of hydrogen-bond donors (Lipinski definition) is 2. The number of hydrogen-bond acceptors (Lipinski definition) is 3. The molecular formula is C7H6BFNO2. The standard InChI is InChI=1S/C7H4FN.BH2O2/c8-7-4-2-1-3-6(7)5-9;2-1-3/h1-4H;2-3H. The summed E-state index contributed by atoms with van der Waals surface area (Å²) >= 11 is 0. The van der Waals surface area contributed by atoms with Crippen molar-refractivity contribution in [2.45, 2.75) is 0 Å². The molecule has 0 aliphatic carbocycles. The zero-order chi connectivity index (χ0) is 9.40. The lowest BCUT2D eigenvalue weighted by Gasteiger charge is -1.86. The summed E-state index contributed by atoms with van der Waals surface area (Å²) in [5, 5.41) is 22.2. The molecule has 61 valence electrons. The number of nitrogens with zero attached hydrogens (tertiary/aromatic N) is 1. The lowest BCUT2D eigenvalue weighted by molar-refractivity contribution is 0.448. The van der Waals surface area contributed by atoms with Crippen LogP contribution in [0.4, 0.5) is 4.39 Å². The maximum absolute atomic E-state index is 12.4. The van der Waals surface area contributed by atoms with E-state index in [-0.39, 0.29) is 13.2 Å². The first-order chi connectivity index (χ1) is 5.76. The second kappa shape index (κ2) is 6.34. The Balaban J connectivity index is 0.000000354. The lowest BCUT2D eigenvalue weighted by atomic mass is 10.2. The highest BCUT2D eigenvalue weighted by molar-refractivity contribution is 6.13. The number of nitriles is 1. The highest BCUT2D eigenvalue weighted by Crippen LogP contribution is 2.02. The Hall–Kier alpha value is -1.38. The molecule has 0 atom stereocenters. The van der Waals surface area contributed by atoms with Crippen molar-refractivity contribution in [2.24, 2.45) is 0 Å². The normalized spacial score (nSPS) is 7.50. The van der Waals surface area contributed by atoms with Gasteiger partial charge in [-0.25, -0.2) is 4.39 Å². The van der Waals surface area contributed by atoms with E-state index in [1.807, 2.05) is 0 Å². The van der Waals surface area contributed by atoms with Gasteiger partial charge in [0.1, 0.15) is 11.9 Å². The summed E-state index contributed by atoms with van der Waals surface area (Å²) in [5.41, 5.74) is 0.0949. The summed E-state index contributed by atoms with van der Waals surface area (Å²) in [4.78, 5) is 0. The molecule has 0 fully saturated rings. The second-order valence-electron chi connectivity index (χ2n) is 1.71. The predicted molar refractivity (Wildman–Crippen MR) is 41.3 cm³/mol. The van der Waals surface area contributed by atoms with Crippen molar-refractivity contribution < 1.29 is 14.4 Å². The Morgan fingerprint density at radius 2 is 1.83 bits per heavy atom. The van der Waals surface area contributed by atoms with E-state index in [2.05, 4.69) is 0 Å². The van der Waals surface area contributed by atoms with Gasteiger partial charge in [0.2, 0.25) is 0 Å². The van der Waals surface area contributed by atoms with Crippen LogP contribution in [0.15, 0.2) is 24.3 Å². The van der Waals surface area contributed by atoms with Crippen LogP contribution in [0.3, 0.4) is 0 Å². The Kier molecular flexibility index (Phi) is 5.62. The highest BCUT2D eigenvalue weighted by Gasteiger charge is 1.94. The molecule has 2 N–H and O–H groups in total. The largest absolute Gasteiger partial charge is 0.482 e. The van der Waals surface area contributed by atoms with Crippen LogP contribution in [-0.2, 0) is 0 Å². The predicted octanol–water partition coefficient (Wildman–Crippen LogP) is 0.203. The van der Waals surface area contributed by atoms with Crippen molar-refractivity contribution in [3.05, 3.63) is 35.6 Å². The summed E-state index contributed by atoms with van der Waals surface area (Å²) in [6, 6.07) is 7.60.